The summed E-state index contributed by atoms with van der Waals surface area (Å²) >= 11 is 0. The van der Waals surface area contributed by atoms with Gasteiger partial charge in [-0.2, -0.15) is 27.5 Å². The van der Waals surface area contributed by atoms with Crippen molar-refractivity contribution in [1.29, 1.82) is 5.26 Å². The van der Waals surface area contributed by atoms with Crippen LogP contribution in [0.4, 0.5) is 13.2 Å². The molecule has 6 heteroatoms. The first kappa shape index (κ1) is 31.7. The van der Waals surface area contributed by atoms with Crippen molar-refractivity contribution in [3.63, 3.8) is 0 Å². The van der Waals surface area contributed by atoms with E-state index in [1.165, 1.54) is 46.9 Å². The summed E-state index contributed by atoms with van der Waals surface area (Å²) in [6.45, 7) is 4.23. The maximum atomic E-state index is 13.6. The third kappa shape index (κ3) is 7.61. The van der Waals surface area contributed by atoms with Crippen LogP contribution in [0.2, 0.25) is 5.82 Å². The van der Waals surface area contributed by atoms with E-state index >= 15 is 0 Å². The smallest absolute Gasteiger partial charge is 0.154 e. The minimum absolute atomic E-state index is 0.177. The molecule has 0 amide bonds. The van der Waals surface area contributed by atoms with Gasteiger partial charge in [0.25, 0.3) is 0 Å². The van der Waals surface area contributed by atoms with Crippen LogP contribution in [0.15, 0.2) is 132 Å². The Morgan fingerprint density at radius 2 is 1.07 bits per heavy atom. The quantitative estimate of drug-likeness (QED) is 0.133. The molecule has 43 heavy (non-hydrogen) atoms. The fourth-order valence-corrected chi connectivity index (χ4v) is 7.36. The highest BCUT2D eigenvalue weighted by Crippen LogP contribution is 2.26. The first-order valence-electron chi connectivity index (χ1n) is 14.4. The van der Waals surface area contributed by atoms with E-state index in [1.807, 2.05) is 30.3 Å². The van der Waals surface area contributed by atoms with Crippen LogP contribution in [0.1, 0.15) is 31.4 Å². The van der Waals surface area contributed by atoms with E-state index in [9.17, 15) is 13.2 Å². The molecule has 0 heterocycles. The lowest BCUT2D eigenvalue weighted by Gasteiger charge is -2.48. The Bertz CT molecular complexity index is 1510. The topological polar surface area (TPSA) is 23.8 Å². The Labute approximate surface area is 256 Å². The van der Waals surface area contributed by atoms with E-state index in [0.717, 1.165) is 34.1 Å². The first-order chi connectivity index (χ1) is 20.8. The fraction of sp³-hybridized carbons (Fsp3) is 0.162. The van der Waals surface area contributed by atoms with Gasteiger partial charge >= 0.3 is 0 Å². The molecule has 1 nitrogen and oxygen atoms in total. The summed E-state index contributed by atoms with van der Waals surface area (Å²) in [5, 5.41) is 8.74. The maximum Gasteiger partial charge on any atom is 0.154 e. The van der Waals surface area contributed by atoms with E-state index in [4.69, 9.17) is 5.26 Å². The Morgan fingerprint density at radius 1 is 0.651 bits per heavy atom. The number of halogens is 3. The predicted octanol–water partition coefficient (Wildman–Crippen LogP) is 7.74. The molecule has 0 saturated heterocycles. The molecule has 0 aliphatic rings. The van der Waals surface area contributed by atoms with Gasteiger partial charge in [0.05, 0.1) is 17.8 Å². The van der Waals surface area contributed by atoms with E-state index in [-0.39, 0.29) is 34.2 Å². The highest BCUT2D eigenvalue weighted by molar-refractivity contribution is 7.95. The minimum Gasteiger partial charge on any atom is -0.207 e. The van der Waals surface area contributed by atoms with Crippen LogP contribution in [0.3, 0.4) is 0 Å². The van der Waals surface area contributed by atoms with E-state index < -0.39 is 6.15 Å². The zero-order valence-corrected chi connectivity index (χ0v) is 25.5. The van der Waals surface area contributed by atoms with Crippen LogP contribution in [-0.2, 0) is 16.6 Å². The molecule has 2 unspecified atom stereocenters. The number of benzene rings is 5. The summed E-state index contributed by atoms with van der Waals surface area (Å²) in [5.41, 5.74) is 4.89. The number of nitrogens with zero attached hydrogens (tertiary/aromatic N) is 1. The van der Waals surface area contributed by atoms with Crippen molar-refractivity contribution in [2.75, 3.05) is 6.26 Å². The third-order valence-electron chi connectivity index (χ3n) is 8.30. The van der Waals surface area contributed by atoms with Gasteiger partial charge in [0, 0.05) is 16.5 Å². The lowest BCUT2D eigenvalue weighted by atomic mass is 9.10. The highest BCUT2D eigenvalue weighted by atomic mass is 32.2. The third-order valence-corrected chi connectivity index (χ3v) is 10.1. The molecule has 0 radical (unpaired) electrons. The summed E-state index contributed by atoms with van der Waals surface area (Å²) < 4.78 is 40.7. The largest absolute Gasteiger partial charge is 0.207 e. The molecule has 5 aromatic carbocycles. The van der Waals surface area contributed by atoms with E-state index in [0.29, 0.717) is 0 Å². The zero-order chi connectivity index (χ0) is 30.8. The Kier molecular flexibility index (Phi) is 10.9. The average Bonchev–Trinajstić information content (AvgIpc) is 3.04. The van der Waals surface area contributed by atoms with Gasteiger partial charge in [-0.3, -0.25) is 0 Å². The molecule has 218 valence electrons. The summed E-state index contributed by atoms with van der Waals surface area (Å²) in [6.07, 6.45) is 1.61. The van der Waals surface area contributed by atoms with Gasteiger partial charge < -0.3 is 0 Å². The molecular formula is C37H35BF3NS. The van der Waals surface area contributed by atoms with Crippen molar-refractivity contribution in [3.05, 3.63) is 156 Å². The van der Waals surface area contributed by atoms with Crippen molar-refractivity contribution in [2.24, 2.45) is 0 Å². The van der Waals surface area contributed by atoms with Crippen LogP contribution in [0, 0.1) is 28.8 Å². The number of nitriles is 1. The fourth-order valence-electron chi connectivity index (χ4n) is 5.88. The molecular weight excluding hydrogens is 558 g/mol. The molecule has 0 aliphatic heterocycles. The van der Waals surface area contributed by atoms with E-state index in [2.05, 4.69) is 50.4 Å². The molecule has 0 bridgehead atoms. The lowest BCUT2D eigenvalue weighted by Crippen LogP contribution is -2.69. The second-order valence-corrected chi connectivity index (χ2v) is 12.9. The number of rotatable bonds is 8. The molecule has 5 aromatic rings. The second-order valence-electron chi connectivity index (χ2n) is 10.9. The van der Waals surface area contributed by atoms with E-state index in [1.54, 1.807) is 36.4 Å². The summed E-state index contributed by atoms with van der Waals surface area (Å²) in [6, 6.07) is 39.9. The molecule has 5 rings (SSSR count). The van der Waals surface area contributed by atoms with Crippen LogP contribution in [-0.4, -0.2) is 12.4 Å². The van der Waals surface area contributed by atoms with Crippen molar-refractivity contribution in [3.8, 4) is 6.07 Å². The Hall–Kier alpha value is -4.21. The van der Waals surface area contributed by atoms with Gasteiger partial charge in [-0.25, -0.2) is 13.2 Å². The molecule has 0 fully saturated rings. The maximum absolute atomic E-state index is 13.6. The van der Waals surface area contributed by atoms with Crippen LogP contribution in [0.5, 0.6) is 0 Å². The second kappa shape index (κ2) is 14.8. The van der Waals surface area contributed by atoms with Gasteiger partial charge in [-0.15, -0.1) is 0 Å². The number of hydrogen-bond acceptors (Lipinski definition) is 1. The molecule has 0 saturated carbocycles. The lowest BCUT2D eigenvalue weighted by molar-refractivity contribution is 0.628. The SMILES string of the molecule is CCC(C)[B-](c1ccc(F)cc1)(c1ccc(F)cc1)c1ccc(F)cc1.C[S+](Cc1ccc(C#N)cc1)c1ccccc1. The Balaban J connectivity index is 0.000000215. The van der Waals surface area contributed by atoms with Crippen LogP contribution in [0.25, 0.3) is 0 Å². The predicted molar refractivity (Wildman–Crippen MR) is 176 cm³/mol. The summed E-state index contributed by atoms with van der Waals surface area (Å²) in [7, 11) is 0.224. The first-order valence-corrected chi connectivity index (χ1v) is 16.2. The van der Waals surface area contributed by atoms with Gasteiger partial charge in [-0.05, 0) is 60.7 Å². The van der Waals surface area contributed by atoms with Crippen molar-refractivity contribution in [1.82, 2.24) is 0 Å². The normalized spacial score (nSPS) is 12.4. The summed E-state index contributed by atoms with van der Waals surface area (Å²) in [5.74, 6) is 0.300. The molecule has 0 N–H and O–H groups in total. The molecule has 0 spiro atoms. The van der Waals surface area contributed by atoms with Crippen LogP contribution < -0.4 is 16.4 Å². The highest BCUT2D eigenvalue weighted by Gasteiger charge is 2.34. The Morgan fingerprint density at radius 3 is 1.44 bits per heavy atom. The number of hydrogen-bond donors (Lipinski definition) is 0. The van der Waals surface area contributed by atoms with Gasteiger partial charge in [-0.1, -0.05) is 87.0 Å². The van der Waals surface area contributed by atoms with Gasteiger partial charge in [0.2, 0.25) is 0 Å². The van der Waals surface area contributed by atoms with Crippen molar-refractivity contribution < 1.29 is 13.2 Å². The van der Waals surface area contributed by atoms with Gasteiger partial charge in [0.1, 0.15) is 29.5 Å². The molecule has 0 aromatic heterocycles. The van der Waals surface area contributed by atoms with Crippen LogP contribution >= 0.6 is 0 Å². The average molecular weight is 594 g/mol. The minimum atomic E-state index is -1.52. The van der Waals surface area contributed by atoms with Crippen molar-refractivity contribution in [2.45, 2.75) is 36.7 Å². The standard InChI is InChI=1S/C22H21BF3.C15H14NS/c1-3-16(2)23(17-4-10-20(24)11-5-17,18-6-12-21(25)13-7-18)19-8-14-22(26)15-9-19;1-17(15-5-3-2-4-6-15)12-14-9-7-13(11-16)8-10-14/h4-16H,3H2,1-2H3;2-10H,12H2,1H3/q-1;+1. The zero-order valence-electron chi connectivity index (χ0n) is 24.7. The van der Waals surface area contributed by atoms with Crippen molar-refractivity contribution >= 4 is 33.4 Å². The molecule has 2 atom stereocenters. The van der Waals surface area contributed by atoms with Gasteiger partial charge in [0.15, 0.2) is 4.90 Å². The summed E-state index contributed by atoms with van der Waals surface area (Å²) in [4.78, 5) is 1.39. The molecule has 0 aliphatic carbocycles. The monoisotopic (exact) mass is 593 g/mol.